The summed E-state index contributed by atoms with van der Waals surface area (Å²) in [7, 11) is 3.46. The van der Waals surface area contributed by atoms with E-state index in [9.17, 15) is 4.79 Å². The van der Waals surface area contributed by atoms with Crippen LogP contribution in [0.25, 0.3) is 0 Å². The van der Waals surface area contributed by atoms with Crippen molar-refractivity contribution in [2.24, 2.45) is 4.99 Å². The van der Waals surface area contributed by atoms with Crippen molar-refractivity contribution in [3.05, 3.63) is 0 Å². The van der Waals surface area contributed by atoms with Crippen molar-refractivity contribution in [3.63, 3.8) is 0 Å². The van der Waals surface area contributed by atoms with Gasteiger partial charge in [0.25, 0.3) is 0 Å². The predicted molar refractivity (Wildman–Crippen MR) is 72.2 cm³/mol. The lowest BCUT2D eigenvalue weighted by molar-refractivity contribution is -0.127. The van der Waals surface area contributed by atoms with Crippen LogP contribution in [0.15, 0.2) is 4.99 Å². The lowest BCUT2D eigenvalue weighted by Gasteiger charge is -2.24. The number of amides is 1. The Hall–Kier alpha value is -1.26. The number of hydrogen-bond donors (Lipinski definition) is 2. The number of aliphatic imine (C=N–C) groups is 1. The zero-order chi connectivity index (χ0) is 13.5. The van der Waals surface area contributed by atoms with E-state index in [0.717, 1.165) is 13.0 Å². The van der Waals surface area contributed by atoms with Gasteiger partial charge in [-0.25, -0.2) is 4.99 Å². The van der Waals surface area contributed by atoms with Gasteiger partial charge < -0.3 is 15.5 Å². The van der Waals surface area contributed by atoms with Gasteiger partial charge in [-0.05, 0) is 27.2 Å². The Labute approximate surface area is 105 Å². The van der Waals surface area contributed by atoms with Crippen LogP contribution in [0.1, 0.15) is 34.1 Å². The van der Waals surface area contributed by atoms with Gasteiger partial charge in [-0.15, -0.1) is 0 Å². The highest BCUT2D eigenvalue weighted by Crippen LogP contribution is 1.98. The smallest absolute Gasteiger partial charge is 0.243 e. The largest absolute Gasteiger partial charge is 0.356 e. The zero-order valence-corrected chi connectivity index (χ0v) is 11.9. The van der Waals surface area contributed by atoms with Crippen molar-refractivity contribution in [2.45, 2.75) is 39.7 Å². The first-order chi connectivity index (χ1) is 7.76. The fourth-order valence-corrected chi connectivity index (χ4v) is 1.03. The van der Waals surface area contributed by atoms with Crippen LogP contribution in [-0.4, -0.2) is 49.5 Å². The molecule has 0 aromatic rings. The Morgan fingerprint density at radius 3 is 2.29 bits per heavy atom. The van der Waals surface area contributed by atoms with Gasteiger partial charge in [0.15, 0.2) is 5.96 Å². The molecule has 17 heavy (non-hydrogen) atoms. The van der Waals surface area contributed by atoms with Crippen LogP contribution in [0.4, 0.5) is 0 Å². The third-order valence-electron chi connectivity index (χ3n) is 1.91. The van der Waals surface area contributed by atoms with Crippen LogP contribution in [0.5, 0.6) is 0 Å². The first-order valence-electron chi connectivity index (χ1n) is 6.03. The molecule has 0 heterocycles. The minimum atomic E-state index is -0.0687. The molecule has 5 heteroatoms. The van der Waals surface area contributed by atoms with Gasteiger partial charge in [-0.1, -0.05) is 6.92 Å². The predicted octanol–water partition coefficient (Wildman–Crippen LogP) is 0.818. The van der Waals surface area contributed by atoms with Crippen LogP contribution in [0.3, 0.4) is 0 Å². The summed E-state index contributed by atoms with van der Waals surface area (Å²) in [5, 5.41) is 6.44. The van der Waals surface area contributed by atoms with E-state index in [1.165, 1.54) is 4.90 Å². The Kier molecular flexibility index (Phi) is 6.61. The molecule has 2 N–H and O–H groups in total. The number of rotatable bonds is 4. The van der Waals surface area contributed by atoms with Crippen molar-refractivity contribution in [1.29, 1.82) is 0 Å². The summed E-state index contributed by atoms with van der Waals surface area (Å²) in [6.07, 6.45) is 1.02. The number of carbonyl (C=O) groups excluding carboxylic acids is 1. The van der Waals surface area contributed by atoms with E-state index in [1.54, 1.807) is 14.1 Å². The molecule has 0 spiro atoms. The fourth-order valence-electron chi connectivity index (χ4n) is 1.03. The van der Waals surface area contributed by atoms with Crippen LogP contribution in [-0.2, 0) is 4.79 Å². The molecule has 0 aromatic heterocycles. The molecule has 5 nitrogen and oxygen atoms in total. The lowest BCUT2D eigenvalue weighted by atomic mass is 10.1. The fraction of sp³-hybridized carbons (Fsp3) is 0.833. The van der Waals surface area contributed by atoms with E-state index in [4.69, 9.17) is 0 Å². The average molecular weight is 242 g/mol. The highest BCUT2D eigenvalue weighted by Gasteiger charge is 2.12. The van der Waals surface area contributed by atoms with Gasteiger partial charge in [0.1, 0.15) is 6.54 Å². The van der Waals surface area contributed by atoms with Crippen LogP contribution in [0, 0.1) is 0 Å². The maximum absolute atomic E-state index is 11.4. The Balaban J connectivity index is 4.45. The molecule has 0 aliphatic carbocycles. The highest BCUT2D eigenvalue weighted by molar-refractivity contribution is 5.85. The van der Waals surface area contributed by atoms with Crippen LogP contribution < -0.4 is 10.6 Å². The quantitative estimate of drug-likeness (QED) is 0.567. The van der Waals surface area contributed by atoms with Crippen molar-refractivity contribution < 1.29 is 4.79 Å². The molecule has 100 valence electrons. The number of nitrogens with one attached hydrogen (secondary N) is 2. The molecule has 0 unspecified atom stereocenters. The summed E-state index contributed by atoms with van der Waals surface area (Å²) >= 11 is 0. The third kappa shape index (κ3) is 8.54. The van der Waals surface area contributed by atoms with Gasteiger partial charge in [0.05, 0.1) is 0 Å². The molecule has 0 saturated carbocycles. The molecule has 0 aromatic carbocycles. The maximum atomic E-state index is 11.4. The van der Waals surface area contributed by atoms with E-state index in [1.807, 2.05) is 0 Å². The molecule has 0 radical (unpaired) electrons. The molecule has 0 rings (SSSR count). The van der Waals surface area contributed by atoms with Gasteiger partial charge in [-0.2, -0.15) is 0 Å². The monoisotopic (exact) mass is 242 g/mol. The second kappa shape index (κ2) is 7.14. The zero-order valence-electron chi connectivity index (χ0n) is 11.9. The summed E-state index contributed by atoms with van der Waals surface area (Å²) in [6.45, 7) is 9.28. The Morgan fingerprint density at radius 1 is 1.29 bits per heavy atom. The summed E-state index contributed by atoms with van der Waals surface area (Å²) in [4.78, 5) is 17.3. The van der Waals surface area contributed by atoms with Gasteiger partial charge >= 0.3 is 0 Å². The summed E-state index contributed by atoms with van der Waals surface area (Å²) in [6, 6.07) is 0. The standard InChI is InChI=1S/C12H26N4O/c1-7-8-13-11(15-12(2,3)4)14-9-10(17)16(5)6/h7-9H2,1-6H3,(H2,13,14,15). The number of nitrogens with zero attached hydrogens (tertiary/aromatic N) is 2. The number of carbonyl (C=O) groups is 1. The van der Waals surface area contributed by atoms with Crippen LogP contribution >= 0.6 is 0 Å². The molecule has 1 amide bonds. The Morgan fingerprint density at radius 2 is 1.88 bits per heavy atom. The molecule has 0 fully saturated rings. The minimum Gasteiger partial charge on any atom is -0.356 e. The van der Waals surface area contributed by atoms with E-state index in [2.05, 4.69) is 43.3 Å². The molecule has 0 saturated heterocycles. The van der Waals surface area contributed by atoms with Crippen molar-refractivity contribution in [1.82, 2.24) is 15.5 Å². The van der Waals surface area contributed by atoms with Crippen LogP contribution in [0.2, 0.25) is 0 Å². The van der Waals surface area contributed by atoms with Gasteiger partial charge in [0.2, 0.25) is 5.91 Å². The van der Waals surface area contributed by atoms with Gasteiger partial charge in [0, 0.05) is 26.2 Å². The summed E-state index contributed by atoms with van der Waals surface area (Å²) in [5.74, 6) is 0.686. The van der Waals surface area contributed by atoms with E-state index in [0.29, 0.717) is 5.96 Å². The minimum absolute atomic E-state index is 0.00323. The molecule has 0 bridgehead atoms. The first-order valence-corrected chi connectivity index (χ1v) is 6.03. The molecular formula is C12H26N4O. The maximum Gasteiger partial charge on any atom is 0.243 e. The van der Waals surface area contributed by atoms with Crippen molar-refractivity contribution in [3.8, 4) is 0 Å². The third-order valence-corrected chi connectivity index (χ3v) is 1.91. The first kappa shape index (κ1) is 15.7. The molecule has 0 atom stereocenters. The van der Waals surface area contributed by atoms with E-state index in [-0.39, 0.29) is 18.0 Å². The number of hydrogen-bond acceptors (Lipinski definition) is 2. The van der Waals surface area contributed by atoms with E-state index < -0.39 is 0 Å². The number of guanidine groups is 1. The van der Waals surface area contributed by atoms with Crippen molar-refractivity contribution in [2.75, 3.05) is 27.2 Å². The highest BCUT2D eigenvalue weighted by atomic mass is 16.2. The molecular weight excluding hydrogens is 216 g/mol. The summed E-state index contributed by atoms with van der Waals surface area (Å²) < 4.78 is 0. The second-order valence-corrected chi connectivity index (χ2v) is 5.25. The molecule has 0 aliphatic rings. The van der Waals surface area contributed by atoms with E-state index >= 15 is 0 Å². The lowest BCUT2D eigenvalue weighted by Crippen LogP contribution is -2.48. The Bertz CT molecular complexity index is 266. The van der Waals surface area contributed by atoms with Crippen molar-refractivity contribution >= 4 is 11.9 Å². The summed E-state index contributed by atoms with van der Waals surface area (Å²) in [5.41, 5.74) is -0.0687. The number of likely N-dealkylation sites (N-methyl/N-ethyl adjacent to an activating group) is 1. The average Bonchev–Trinajstić information content (AvgIpc) is 2.19. The van der Waals surface area contributed by atoms with Gasteiger partial charge in [-0.3, -0.25) is 4.79 Å². The SMILES string of the molecule is CCCNC(=NCC(=O)N(C)C)NC(C)(C)C. The molecule has 0 aliphatic heterocycles. The topological polar surface area (TPSA) is 56.7 Å². The second-order valence-electron chi connectivity index (χ2n) is 5.25. The normalized spacial score (nSPS) is 12.2.